The summed E-state index contributed by atoms with van der Waals surface area (Å²) in [5.74, 6) is -0.911. The second-order valence-electron chi connectivity index (χ2n) is 4.52. The van der Waals surface area contributed by atoms with Gasteiger partial charge in [-0.3, -0.25) is 4.79 Å². The minimum atomic E-state index is -0.719. The Labute approximate surface area is 104 Å². The number of aromatic nitrogens is 2. The molecule has 17 heavy (non-hydrogen) atoms. The maximum absolute atomic E-state index is 11.6. The van der Waals surface area contributed by atoms with Crippen LogP contribution in [0.5, 0.6) is 0 Å². The minimum Gasteiger partial charge on any atom is -0.458 e. The van der Waals surface area contributed by atoms with Gasteiger partial charge in [-0.25, -0.2) is 4.79 Å². The van der Waals surface area contributed by atoms with Crippen molar-refractivity contribution in [3.63, 3.8) is 0 Å². The maximum atomic E-state index is 11.6. The number of hydrogen-bond acceptors (Lipinski definition) is 6. The number of carbonyl (C=O) groups is 2. The van der Waals surface area contributed by atoms with Crippen molar-refractivity contribution >= 4 is 23.4 Å². The van der Waals surface area contributed by atoms with Crippen LogP contribution in [-0.2, 0) is 9.53 Å². The average Bonchev–Trinajstić information content (AvgIpc) is 2.67. The predicted molar refractivity (Wildman–Crippen MR) is 62.7 cm³/mol. The van der Waals surface area contributed by atoms with Gasteiger partial charge in [-0.1, -0.05) is 4.49 Å². The molecule has 0 aliphatic carbocycles. The lowest BCUT2D eigenvalue weighted by Crippen LogP contribution is -2.42. The van der Waals surface area contributed by atoms with Gasteiger partial charge >= 0.3 is 5.97 Å². The summed E-state index contributed by atoms with van der Waals surface area (Å²) in [5, 5.41) is 7.61. The number of carbonyl (C=O) groups excluding carboxylic acids is 2. The Hall–Kier alpha value is -1.50. The van der Waals surface area contributed by atoms with Crippen LogP contribution >= 0.6 is 11.5 Å². The van der Waals surface area contributed by atoms with Gasteiger partial charge < -0.3 is 10.1 Å². The van der Waals surface area contributed by atoms with Crippen LogP contribution in [0.15, 0.2) is 5.38 Å². The fourth-order valence-electron chi connectivity index (χ4n) is 0.983. The highest BCUT2D eigenvalue weighted by atomic mass is 32.1. The second-order valence-corrected chi connectivity index (χ2v) is 5.13. The van der Waals surface area contributed by atoms with E-state index in [2.05, 4.69) is 14.9 Å². The van der Waals surface area contributed by atoms with Gasteiger partial charge in [0.05, 0.1) is 0 Å². The smallest absolute Gasteiger partial charge is 0.328 e. The highest BCUT2D eigenvalue weighted by Gasteiger charge is 2.23. The normalized spacial score (nSPS) is 12.9. The molecule has 0 aliphatic rings. The van der Waals surface area contributed by atoms with E-state index in [9.17, 15) is 9.59 Å². The van der Waals surface area contributed by atoms with Gasteiger partial charge in [-0.2, -0.15) is 0 Å². The summed E-state index contributed by atoms with van der Waals surface area (Å²) in [6.07, 6.45) is 0. The van der Waals surface area contributed by atoms with Gasteiger partial charge in [0.15, 0.2) is 5.69 Å². The van der Waals surface area contributed by atoms with Crippen LogP contribution in [0.4, 0.5) is 0 Å². The van der Waals surface area contributed by atoms with Crippen molar-refractivity contribution in [3.8, 4) is 0 Å². The summed E-state index contributed by atoms with van der Waals surface area (Å²) in [6, 6.07) is -0.719. The molecule has 1 atom stereocenters. The first kappa shape index (κ1) is 13.6. The van der Waals surface area contributed by atoms with E-state index in [1.807, 2.05) is 0 Å². The van der Waals surface area contributed by atoms with Crippen LogP contribution in [0.1, 0.15) is 38.2 Å². The van der Waals surface area contributed by atoms with Crippen LogP contribution in [0.2, 0.25) is 0 Å². The van der Waals surface area contributed by atoms with E-state index in [0.29, 0.717) is 0 Å². The topological polar surface area (TPSA) is 81.2 Å². The van der Waals surface area contributed by atoms with E-state index < -0.39 is 23.5 Å². The van der Waals surface area contributed by atoms with Crippen molar-refractivity contribution in [1.29, 1.82) is 0 Å². The average molecular weight is 257 g/mol. The predicted octanol–water partition coefficient (Wildman–Crippen LogP) is 0.998. The van der Waals surface area contributed by atoms with Crippen LogP contribution < -0.4 is 5.32 Å². The summed E-state index contributed by atoms with van der Waals surface area (Å²) in [4.78, 5) is 23.2. The summed E-state index contributed by atoms with van der Waals surface area (Å²) in [6.45, 7) is 6.86. The molecule has 0 spiro atoms. The Morgan fingerprint density at radius 1 is 1.47 bits per heavy atom. The van der Waals surface area contributed by atoms with Crippen molar-refractivity contribution in [2.45, 2.75) is 39.3 Å². The fraction of sp³-hybridized carbons (Fsp3) is 0.600. The molecule has 1 aromatic rings. The van der Waals surface area contributed by atoms with E-state index in [-0.39, 0.29) is 5.69 Å². The molecule has 94 valence electrons. The summed E-state index contributed by atoms with van der Waals surface area (Å²) >= 11 is 1.08. The van der Waals surface area contributed by atoms with E-state index in [1.54, 1.807) is 27.7 Å². The number of ether oxygens (including phenoxy) is 1. The molecule has 1 amide bonds. The first-order valence-electron chi connectivity index (χ1n) is 5.10. The molecule has 0 aliphatic heterocycles. The Morgan fingerprint density at radius 2 is 2.12 bits per heavy atom. The summed E-state index contributed by atoms with van der Waals surface area (Å²) in [5.41, 5.74) is -0.372. The highest BCUT2D eigenvalue weighted by Crippen LogP contribution is 2.08. The van der Waals surface area contributed by atoms with Crippen LogP contribution in [0.3, 0.4) is 0 Å². The zero-order chi connectivity index (χ0) is 13.1. The summed E-state index contributed by atoms with van der Waals surface area (Å²) < 4.78 is 8.70. The zero-order valence-electron chi connectivity index (χ0n) is 10.2. The van der Waals surface area contributed by atoms with Gasteiger partial charge in [-0.05, 0) is 39.2 Å². The molecular formula is C10H15N3O3S. The zero-order valence-corrected chi connectivity index (χ0v) is 11.0. The lowest BCUT2D eigenvalue weighted by atomic mass is 10.2. The molecule has 6 nitrogen and oxygen atoms in total. The molecule has 1 N–H and O–H groups in total. The van der Waals surface area contributed by atoms with E-state index in [1.165, 1.54) is 5.38 Å². The standard InChI is InChI=1S/C10H15N3O3S/c1-6(9(15)16-10(2,3)4)11-8(14)7-5-17-13-12-7/h5-6H,1-4H3,(H,11,14)/t6-/m0/s1. The molecule has 1 heterocycles. The van der Waals surface area contributed by atoms with Crippen molar-refractivity contribution in [2.75, 3.05) is 0 Å². The lowest BCUT2D eigenvalue weighted by Gasteiger charge is -2.22. The van der Waals surface area contributed by atoms with Gasteiger partial charge in [-0.15, -0.1) is 5.10 Å². The Bertz CT molecular complexity index is 397. The Morgan fingerprint density at radius 3 is 2.59 bits per heavy atom. The monoisotopic (exact) mass is 257 g/mol. The summed E-state index contributed by atoms with van der Waals surface area (Å²) in [7, 11) is 0. The van der Waals surface area contributed by atoms with Crippen molar-refractivity contribution in [3.05, 3.63) is 11.1 Å². The minimum absolute atomic E-state index is 0.199. The third kappa shape index (κ3) is 4.48. The Kier molecular flexibility index (Phi) is 4.17. The molecule has 0 fully saturated rings. The van der Waals surface area contributed by atoms with Gasteiger partial charge in [0.25, 0.3) is 5.91 Å². The maximum Gasteiger partial charge on any atom is 0.328 e. The van der Waals surface area contributed by atoms with Gasteiger partial charge in [0.2, 0.25) is 0 Å². The van der Waals surface area contributed by atoms with Crippen molar-refractivity contribution in [2.24, 2.45) is 0 Å². The molecule has 0 unspecified atom stereocenters. The van der Waals surface area contributed by atoms with E-state index in [4.69, 9.17) is 4.74 Å². The molecule has 0 aromatic carbocycles. The first-order chi connectivity index (χ1) is 7.79. The van der Waals surface area contributed by atoms with E-state index >= 15 is 0 Å². The number of amides is 1. The van der Waals surface area contributed by atoms with Crippen LogP contribution in [0.25, 0.3) is 0 Å². The van der Waals surface area contributed by atoms with E-state index in [0.717, 1.165) is 11.5 Å². The number of hydrogen-bond donors (Lipinski definition) is 1. The third-order valence-corrected chi connectivity index (χ3v) is 2.21. The second kappa shape index (κ2) is 5.22. The fourth-order valence-corrected chi connectivity index (χ4v) is 1.42. The molecule has 1 rings (SSSR count). The quantitative estimate of drug-likeness (QED) is 0.817. The Balaban J connectivity index is 2.52. The number of nitrogens with zero attached hydrogens (tertiary/aromatic N) is 2. The molecular weight excluding hydrogens is 242 g/mol. The number of nitrogens with one attached hydrogen (secondary N) is 1. The third-order valence-electron chi connectivity index (χ3n) is 1.70. The molecule has 0 saturated carbocycles. The van der Waals surface area contributed by atoms with Crippen molar-refractivity contribution < 1.29 is 14.3 Å². The van der Waals surface area contributed by atoms with Crippen LogP contribution in [-0.4, -0.2) is 33.1 Å². The molecule has 0 saturated heterocycles. The van der Waals surface area contributed by atoms with Crippen molar-refractivity contribution in [1.82, 2.24) is 14.9 Å². The molecule has 0 bridgehead atoms. The number of esters is 1. The highest BCUT2D eigenvalue weighted by molar-refractivity contribution is 7.03. The van der Waals surface area contributed by atoms with Crippen LogP contribution in [0, 0.1) is 0 Å². The largest absolute Gasteiger partial charge is 0.458 e. The molecule has 0 radical (unpaired) electrons. The first-order valence-corrected chi connectivity index (χ1v) is 5.94. The molecule has 1 aromatic heterocycles. The lowest BCUT2D eigenvalue weighted by molar-refractivity contribution is -0.156. The number of rotatable bonds is 3. The van der Waals surface area contributed by atoms with Gasteiger partial charge in [0, 0.05) is 5.38 Å². The van der Waals surface area contributed by atoms with Gasteiger partial charge in [0.1, 0.15) is 11.6 Å². The molecule has 7 heteroatoms. The SMILES string of the molecule is C[C@H](NC(=O)c1csnn1)C(=O)OC(C)(C)C.